The van der Waals surface area contributed by atoms with Crippen molar-refractivity contribution in [3.05, 3.63) is 106 Å². The van der Waals surface area contributed by atoms with Crippen molar-refractivity contribution in [2.45, 2.75) is 31.6 Å². The van der Waals surface area contributed by atoms with Gasteiger partial charge in [0, 0.05) is 29.3 Å². The average molecular weight is 556 g/mol. The fourth-order valence-electron chi connectivity index (χ4n) is 5.52. The summed E-state index contributed by atoms with van der Waals surface area (Å²) in [7, 11) is 3.08. The number of para-hydroxylation sites is 1. The number of phenolic OH excluding ortho intramolecular Hbond substituents is 1. The second-order valence-corrected chi connectivity index (χ2v) is 10.0. The minimum Gasteiger partial charge on any atom is -0.504 e. The largest absolute Gasteiger partial charge is 0.504 e. The number of ketones is 1. The van der Waals surface area contributed by atoms with Crippen molar-refractivity contribution < 1.29 is 33.6 Å². The lowest BCUT2D eigenvalue weighted by Crippen LogP contribution is -2.36. The average Bonchev–Trinajstić information content (AvgIpc) is 2.99. The molecule has 212 valence electrons. The van der Waals surface area contributed by atoms with Crippen molar-refractivity contribution in [1.29, 1.82) is 0 Å². The summed E-state index contributed by atoms with van der Waals surface area (Å²) >= 11 is 0. The number of nitrogens with one attached hydrogen (secondary N) is 1. The third-order valence-corrected chi connectivity index (χ3v) is 7.50. The zero-order chi connectivity index (χ0) is 28.9. The van der Waals surface area contributed by atoms with Crippen LogP contribution in [0.1, 0.15) is 42.7 Å². The number of carbonyl (C=O) groups is 2. The normalized spacial score (nSPS) is 18.4. The van der Waals surface area contributed by atoms with E-state index in [0.29, 0.717) is 41.0 Å². The van der Waals surface area contributed by atoms with Crippen LogP contribution in [-0.4, -0.2) is 44.3 Å². The molecule has 2 unspecified atom stereocenters. The summed E-state index contributed by atoms with van der Waals surface area (Å²) in [5.41, 5.74) is 3.95. The number of allylic oxidation sites excluding steroid dienone is 3. The van der Waals surface area contributed by atoms with E-state index in [0.717, 1.165) is 17.0 Å². The van der Waals surface area contributed by atoms with Gasteiger partial charge in [0.15, 0.2) is 17.3 Å². The molecular weight excluding hydrogens is 522 g/mol. The van der Waals surface area contributed by atoms with Gasteiger partial charge in [0.05, 0.1) is 19.8 Å². The maximum atomic E-state index is 13.8. The Labute approximate surface area is 239 Å². The van der Waals surface area contributed by atoms with Gasteiger partial charge in [0.2, 0.25) is 0 Å². The standard InChI is InChI=1S/C33H33NO7/c1-20-30(33(37)41-16-15-40-25-7-5-4-6-8-25)31(22-11-14-27(35)29(19-22)39-3)32-26(34-20)17-23(18-28(32)36)21-9-12-24(38-2)13-10-21/h4-14,19,23,31,34-35H,15-18H2,1-3H3. The fraction of sp³-hybridized carbons (Fsp3) is 0.273. The zero-order valence-electron chi connectivity index (χ0n) is 23.3. The second kappa shape index (κ2) is 12.2. The Bertz CT molecular complexity index is 1490. The van der Waals surface area contributed by atoms with Gasteiger partial charge in [-0.05, 0) is 66.8 Å². The van der Waals surface area contributed by atoms with Crippen LogP contribution in [0.15, 0.2) is 95.3 Å². The molecule has 8 nitrogen and oxygen atoms in total. The number of hydrogen-bond acceptors (Lipinski definition) is 8. The Hall–Kier alpha value is -4.72. The third-order valence-electron chi connectivity index (χ3n) is 7.50. The number of ether oxygens (including phenoxy) is 4. The van der Waals surface area contributed by atoms with E-state index in [4.69, 9.17) is 18.9 Å². The van der Waals surface area contributed by atoms with Crippen LogP contribution < -0.4 is 19.5 Å². The highest BCUT2D eigenvalue weighted by atomic mass is 16.6. The Morgan fingerprint density at radius 3 is 2.34 bits per heavy atom. The maximum Gasteiger partial charge on any atom is 0.336 e. The van der Waals surface area contributed by atoms with Gasteiger partial charge in [0.25, 0.3) is 0 Å². The molecule has 0 aromatic heterocycles. The highest BCUT2D eigenvalue weighted by molar-refractivity contribution is 6.04. The molecule has 5 rings (SSSR count). The molecule has 2 aliphatic rings. The van der Waals surface area contributed by atoms with Crippen LogP contribution in [0.2, 0.25) is 0 Å². The number of Topliss-reactive ketones (excluding diaryl/α,β-unsaturated/α-hetero) is 1. The molecule has 3 aromatic rings. The van der Waals surface area contributed by atoms with E-state index in [-0.39, 0.29) is 36.4 Å². The van der Waals surface area contributed by atoms with E-state index in [1.165, 1.54) is 13.2 Å². The molecular formula is C33H33NO7. The van der Waals surface area contributed by atoms with Crippen molar-refractivity contribution in [2.24, 2.45) is 0 Å². The quantitative estimate of drug-likeness (QED) is 0.268. The van der Waals surface area contributed by atoms with Crippen molar-refractivity contribution in [3.8, 4) is 23.0 Å². The van der Waals surface area contributed by atoms with Crippen molar-refractivity contribution in [3.63, 3.8) is 0 Å². The molecule has 1 aliphatic heterocycles. The van der Waals surface area contributed by atoms with E-state index in [1.807, 2.05) is 61.5 Å². The highest BCUT2D eigenvalue weighted by Crippen LogP contribution is 2.47. The summed E-state index contributed by atoms with van der Waals surface area (Å²) in [6.45, 7) is 2.03. The number of methoxy groups -OCH3 is 2. The summed E-state index contributed by atoms with van der Waals surface area (Å²) in [6.07, 6.45) is 0.897. The highest BCUT2D eigenvalue weighted by Gasteiger charge is 2.41. The Morgan fingerprint density at radius 2 is 1.63 bits per heavy atom. The topological polar surface area (TPSA) is 103 Å². The molecule has 1 aliphatic carbocycles. The minimum absolute atomic E-state index is 0.0221. The molecule has 0 saturated carbocycles. The van der Waals surface area contributed by atoms with Gasteiger partial charge in [-0.25, -0.2) is 4.79 Å². The first kappa shape index (κ1) is 27.8. The third kappa shape index (κ3) is 5.91. The first-order valence-electron chi connectivity index (χ1n) is 13.5. The molecule has 0 fully saturated rings. The summed E-state index contributed by atoms with van der Waals surface area (Å²) in [5, 5.41) is 13.6. The van der Waals surface area contributed by atoms with Crippen LogP contribution in [-0.2, 0) is 14.3 Å². The second-order valence-electron chi connectivity index (χ2n) is 10.0. The number of aromatic hydroxyl groups is 1. The predicted molar refractivity (Wildman–Crippen MR) is 153 cm³/mol. The lowest BCUT2D eigenvalue weighted by Gasteiger charge is -2.36. The Morgan fingerprint density at radius 1 is 0.902 bits per heavy atom. The smallest absolute Gasteiger partial charge is 0.336 e. The molecule has 1 heterocycles. The molecule has 2 atom stereocenters. The minimum atomic E-state index is -0.687. The molecule has 0 spiro atoms. The van der Waals surface area contributed by atoms with Gasteiger partial charge in [-0.3, -0.25) is 4.79 Å². The molecule has 8 heteroatoms. The van der Waals surface area contributed by atoms with Crippen molar-refractivity contribution >= 4 is 11.8 Å². The van der Waals surface area contributed by atoms with E-state index in [2.05, 4.69) is 5.32 Å². The van der Waals surface area contributed by atoms with E-state index >= 15 is 0 Å². The SMILES string of the molecule is COc1ccc(C2CC(=O)C3=C(C2)NC(C)=C(C(=O)OCCOc2ccccc2)C3c2ccc(O)c(OC)c2)cc1. The molecule has 41 heavy (non-hydrogen) atoms. The molecule has 3 aromatic carbocycles. The van der Waals surface area contributed by atoms with Crippen molar-refractivity contribution in [1.82, 2.24) is 5.32 Å². The van der Waals surface area contributed by atoms with Gasteiger partial charge in [-0.2, -0.15) is 0 Å². The fourth-order valence-corrected chi connectivity index (χ4v) is 5.52. The number of carbonyl (C=O) groups excluding carboxylic acids is 2. The molecule has 0 saturated heterocycles. The predicted octanol–water partition coefficient (Wildman–Crippen LogP) is 5.39. The van der Waals surface area contributed by atoms with Gasteiger partial charge in [-0.1, -0.05) is 36.4 Å². The number of dihydropyridines is 1. The van der Waals surface area contributed by atoms with E-state index in [1.54, 1.807) is 19.2 Å². The van der Waals surface area contributed by atoms with Crippen molar-refractivity contribution in [2.75, 3.05) is 27.4 Å². The first-order valence-corrected chi connectivity index (χ1v) is 13.5. The van der Waals surface area contributed by atoms with Crippen LogP contribution >= 0.6 is 0 Å². The van der Waals surface area contributed by atoms with Gasteiger partial charge >= 0.3 is 5.97 Å². The monoisotopic (exact) mass is 555 g/mol. The van der Waals surface area contributed by atoms with Gasteiger partial charge < -0.3 is 29.4 Å². The maximum absolute atomic E-state index is 13.8. The molecule has 0 radical (unpaired) electrons. The lowest BCUT2D eigenvalue weighted by atomic mass is 9.71. The molecule has 2 N–H and O–H groups in total. The number of rotatable bonds is 9. The number of hydrogen-bond donors (Lipinski definition) is 2. The van der Waals surface area contributed by atoms with Crippen LogP contribution in [0, 0.1) is 0 Å². The summed E-state index contributed by atoms with van der Waals surface area (Å²) in [5.74, 6) is 0.354. The van der Waals surface area contributed by atoms with E-state index < -0.39 is 11.9 Å². The van der Waals surface area contributed by atoms with Gasteiger partial charge in [0.1, 0.15) is 24.7 Å². The zero-order valence-corrected chi connectivity index (χ0v) is 23.3. The molecule has 0 amide bonds. The van der Waals surface area contributed by atoms with Gasteiger partial charge in [-0.15, -0.1) is 0 Å². The summed E-state index contributed by atoms with van der Waals surface area (Å²) in [4.78, 5) is 27.4. The van der Waals surface area contributed by atoms with Crippen LogP contribution in [0.25, 0.3) is 0 Å². The first-order chi connectivity index (χ1) is 19.9. The molecule has 0 bridgehead atoms. The number of esters is 1. The summed E-state index contributed by atoms with van der Waals surface area (Å²) < 4.78 is 22.0. The number of phenols is 1. The Balaban J connectivity index is 1.44. The van der Waals surface area contributed by atoms with Crippen LogP contribution in [0.4, 0.5) is 0 Å². The van der Waals surface area contributed by atoms with Crippen LogP contribution in [0.3, 0.4) is 0 Å². The Kier molecular flexibility index (Phi) is 8.29. The summed E-state index contributed by atoms with van der Waals surface area (Å²) in [6, 6.07) is 21.9. The number of benzene rings is 3. The lowest BCUT2D eigenvalue weighted by molar-refractivity contribution is -0.140. The van der Waals surface area contributed by atoms with E-state index in [9.17, 15) is 14.7 Å². The van der Waals surface area contributed by atoms with Crippen LogP contribution in [0.5, 0.6) is 23.0 Å².